The van der Waals surface area contributed by atoms with Crippen LogP contribution in [-0.2, 0) is 0 Å². The lowest BCUT2D eigenvalue weighted by atomic mass is 9.70. The molecule has 1 aliphatic carbocycles. The molecule has 2 rings (SSSR count). The molecule has 1 nitrogen and oxygen atoms in total. The summed E-state index contributed by atoms with van der Waals surface area (Å²) in [6.07, 6.45) is 2.21. The molecule has 0 aromatic heterocycles. The first-order valence-electron chi connectivity index (χ1n) is 4.87. The Hall–Kier alpha value is -0.600. The quantitative estimate of drug-likeness (QED) is 0.803. The first-order chi connectivity index (χ1) is 6.72. The topological polar surface area (TPSA) is 26.0 Å². The molecule has 1 aromatic rings. The van der Waals surface area contributed by atoms with Gasteiger partial charge in [0.15, 0.2) is 0 Å². The molecule has 76 valence electrons. The molecule has 2 atom stereocenters. The second-order valence-corrected chi connectivity index (χ2v) is 4.25. The minimum absolute atomic E-state index is 0.216. The molecular formula is C11H13ClFN. The SMILES string of the molecule is NCC1CCC1c1cc(F)ccc1Cl. The summed E-state index contributed by atoms with van der Waals surface area (Å²) in [6.45, 7) is 0.664. The maximum absolute atomic E-state index is 13.0. The van der Waals surface area contributed by atoms with Crippen LogP contribution in [0.4, 0.5) is 4.39 Å². The van der Waals surface area contributed by atoms with Gasteiger partial charge in [0.1, 0.15) is 5.82 Å². The van der Waals surface area contributed by atoms with E-state index in [1.165, 1.54) is 12.1 Å². The van der Waals surface area contributed by atoms with Gasteiger partial charge in [-0.2, -0.15) is 0 Å². The second kappa shape index (κ2) is 3.87. The monoisotopic (exact) mass is 213 g/mol. The number of hydrogen-bond acceptors (Lipinski definition) is 1. The zero-order valence-electron chi connectivity index (χ0n) is 7.84. The van der Waals surface area contributed by atoms with Crippen LogP contribution in [0.25, 0.3) is 0 Å². The van der Waals surface area contributed by atoms with Crippen molar-refractivity contribution in [3.63, 3.8) is 0 Å². The fourth-order valence-corrected chi connectivity index (χ4v) is 2.32. The molecule has 1 aliphatic rings. The number of halogens is 2. The Balaban J connectivity index is 2.27. The lowest BCUT2D eigenvalue weighted by molar-refractivity contribution is 0.263. The molecule has 3 heteroatoms. The molecule has 1 saturated carbocycles. The highest BCUT2D eigenvalue weighted by Gasteiger charge is 2.32. The minimum Gasteiger partial charge on any atom is -0.330 e. The van der Waals surface area contributed by atoms with E-state index < -0.39 is 0 Å². The van der Waals surface area contributed by atoms with E-state index in [4.69, 9.17) is 17.3 Å². The Kier molecular flexibility index (Phi) is 2.75. The van der Waals surface area contributed by atoms with Gasteiger partial charge in [-0.15, -0.1) is 0 Å². The third-order valence-corrected chi connectivity index (χ3v) is 3.42. The zero-order chi connectivity index (χ0) is 10.1. The third kappa shape index (κ3) is 1.64. The van der Waals surface area contributed by atoms with Gasteiger partial charge in [-0.1, -0.05) is 11.6 Å². The van der Waals surface area contributed by atoms with Crippen LogP contribution in [0.2, 0.25) is 5.02 Å². The predicted octanol–water partition coefficient (Wildman–Crippen LogP) is 2.93. The smallest absolute Gasteiger partial charge is 0.123 e. The van der Waals surface area contributed by atoms with Crippen LogP contribution < -0.4 is 5.73 Å². The molecule has 0 bridgehead atoms. The predicted molar refractivity (Wildman–Crippen MR) is 55.9 cm³/mol. The van der Waals surface area contributed by atoms with Gasteiger partial charge in [0.05, 0.1) is 0 Å². The highest BCUT2D eigenvalue weighted by molar-refractivity contribution is 6.31. The van der Waals surface area contributed by atoms with E-state index in [0.29, 0.717) is 23.4 Å². The molecule has 0 spiro atoms. The van der Waals surface area contributed by atoms with E-state index in [-0.39, 0.29) is 5.82 Å². The van der Waals surface area contributed by atoms with Gasteiger partial charge in [0.25, 0.3) is 0 Å². The molecule has 0 amide bonds. The van der Waals surface area contributed by atoms with Gasteiger partial charge in [0.2, 0.25) is 0 Å². The maximum Gasteiger partial charge on any atom is 0.123 e. The first kappa shape index (κ1) is 9.94. The molecular weight excluding hydrogens is 201 g/mol. The van der Waals surface area contributed by atoms with Gasteiger partial charge >= 0.3 is 0 Å². The average molecular weight is 214 g/mol. The summed E-state index contributed by atoms with van der Waals surface area (Å²) in [5.74, 6) is 0.629. The van der Waals surface area contributed by atoms with E-state index in [1.54, 1.807) is 6.07 Å². The summed E-state index contributed by atoms with van der Waals surface area (Å²) in [5, 5.41) is 0.662. The van der Waals surface area contributed by atoms with Crippen molar-refractivity contribution in [1.29, 1.82) is 0 Å². The van der Waals surface area contributed by atoms with Crippen molar-refractivity contribution in [3.8, 4) is 0 Å². The Morgan fingerprint density at radius 1 is 1.43 bits per heavy atom. The van der Waals surface area contributed by atoms with E-state index in [0.717, 1.165) is 18.4 Å². The minimum atomic E-state index is -0.216. The Bertz CT molecular complexity index is 338. The fraction of sp³-hybridized carbons (Fsp3) is 0.455. The molecule has 1 fully saturated rings. The largest absolute Gasteiger partial charge is 0.330 e. The van der Waals surface area contributed by atoms with Crippen molar-refractivity contribution in [2.24, 2.45) is 11.7 Å². The van der Waals surface area contributed by atoms with Crippen molar-refractivity contribution < 1.29 is 4.39 Å². The highest BCUT2D eigenvalue weighted by Crippen LogP contribution is 2.44. The highest BCUT2D eigenvalue weighted by atomic mass is 35.5. The van der Waals surface area contributed by atoms with Crippen LogP contribution in [0, 0.1) is 11.7 Å². The summed E-state index contributed by atoms with van der Waals surface area (Å²) in [5.41, 5.74) is 6.54. The van der Waals surface area contributed by atoms with Crippen LogP contribution in [0.5, 0.6) is 0 Å². The first-order valence-corrected chi connectivity index (χ1v) is 5.25. The molecule has 0 saturated heterocycles. The molecule has 14 heavy (non-hydrogen) atoms. The van der Waals surface area contributed by atoms with E-state index in [1.807, 2.05) is 0 Å². The molecule has 0 heterocycles. The lowest BCUT2D eigenvalue weighted by Gasteiger charge is -2.36. The van der Waals surface area contributed by atoms with Gasteiger partial charge in [-0.3, -0.25) is 0 Å². The number of benzene rings is 1. The average Bonchev–Trinajstić information content (AvgIpc) is 2.10. The van der Waals surface area contributed by atoms with Crippen LogP contribution >= 0.6 is 11.6 Å². The Labute approximate surface area is 88.1 Å². The molecule has 0 aliphatic heterocycles. The number of hydrogen-bond donors (Lipinski definition) is 1. The van der Waals surface area contributed by atoms with Crippen LogP contribution in [0.3, 0.4) is 0 Å². The third-order valence-electron chi connectivity index (χ3n) is 3.08. The van der Waals surface area contributed by atoms with Gasteiger partial charge in [-0.05, 0) is 55.0 Å². The van der Waals surface area contributed by atoms with Gasteiger partial charge in [0, 0.05) is 5.02 Å². The van der Waals surface area contributed by atoms with Crippen molar-refractivity contribution in [2.75, 3.05) is 6.54 Å². The Morgan fingerprint density at radius 3 is 2.79 bits per heavy atom. The Morgan fingerprint density at radius 2 is 2.21 bits per heavy atom. The standard InChI is InChI=1S/C11H13ClFN/c12-11-4-2-8(13)5-10(11)9-3-1-7(9)6-14/h2,4-5,7,9H,1,3,6,14H2. The van der Waals surface area contributed by atoms with Crippen LogP contribution in [-0.4, -0.2) is 6.54 Å². The fourth-order valence-electron chi connectivity index (χ4n) is 2.06. The summed E-state index contributed by atoms with van der Waals surface area (Å²) < 4.78 is 13.0. The molecule has 2 N–H and O–H groups in total. The van der Waals surface area contributed by atoms with E-state index in [2.05, 4.69) is 0 Å². The summed E-state index contributed by atoms with van der Waals surface area (Å²) in [6, 6.07) is 4.55. The van der Waals surface area contributed by atoms with Crippen molar-refractivity contribution in [2.45, 2.75) is 18.8 Å². The lowest BCUT2D eigenvalue weighted by Crippen LogP contribution is -2.30. The van der Waals surface area contributed by atoms with Gasteiger partial charge < -0.3 is 5.73 Å². The molecule has 0 radical (unpaired) electrons. The number of rotatable bonds is 2. The number of nitrogens with two attached hydrogens (primary N) is 1. The van der Waals surface area contributed by atoms with Crippen molar-refractivity contribution >= 4 is 11.6 Å². The molecule has 2 unspecified atom stereocenters. The van der Waals surface area contributed by atoms with E-state index in [9.17, 15) is 4.39 Å². The van der Waals surface area contributed by atoms with Crippen molar-refractivity contribution in [1.82, 2.24) is 0 Å². The summed E-state index contributed by atoms with van der Waals surface area (Å²) >= 11 is 6.02. The zero-order valence-corrected chi connectivity index (χ0v) is 8.60. The van der Waals surface area contributed by atoms with Crippen LogP contribution in [0.15, 0.2) is 18.2 Å². The maximum atomic E-state index is 13.0. The molecule has 1 aromatic carbocycles. The second-order valence-electron chi connectivity index (χ2n) is 3.85. The summed E-state index contributed by atoms with van der Waals surface area (Å²) in [4.78, 5) is 0. The van der Waals surface area contributed by atoms with Gasteiger partial charge in [-0.25, -0.2) is 4.39 Å². The van der Waals surface area contributed by atoms with Crippen molar-refractivity contribution in [3.05, 3.63) is 34.6 Å². The summed E-state index contributed by atoms with van der Waals surface area (Å²) in [7, 11) is 0. The van der Waals surface area contributed by atoms with E-state index >= 15 is 0 Å². The normalized spacial score (nSPS) is 25.9. The van der Waals surface area contributed by atoms with Crippen LogP contribution in [0.1, 0.15) is 24.3 Å².